The van der Waals surface area contributed by atoms with E-state index in [1.54, 1.807) is 12.1 Å². The fourth-order valence-corrected chi connectivity index (χ4v) is 5.14. The molecule has 0 saturated heterocycles. The minimum Gasteiger partial charge on any atom is -0.294 e. The molecule has 1 saturated carbocycles. The monoisotopic (exact) mass is 338 g/mol. The number of halogens is 1. The van der Waals surface area contributed by atoms with Crippen LogP contribution in [0.25, 0.3) is 10.1 Å². The highest BCUT2D eigenvalue weighted by atomic mass is 32.1. The van der Waals surface area contributed by atoms with Crippen LogP contribution in [0.3, 0.4) is 0 Å². The zero-order chi connectivity index (χ0) is 16.1. The number of fused-ring (bicyclic) bond motifs is 3. The lowest BCUT2D eigenvalue weighted by Crippen LogP contribution is -2.29. The van der Waals surface area contributed by atoms with Gasteiger partial charge in [0.05, 0.1) is 0 Å². The Balaban J connectivity index is 1.42. The molecular weight excluding hydrogens is 319 g/mol. The standard InChI is InChI=1S/C20H19FN2S/c21-15-3-4-19-18(9-15)17-6-8-23(12-20(17)24-19)11-14-10-22-7-5-16(14)13-1-2-13/h3-5,7,9-10,13H,1-2,6,8,11-12H2. The van der Waals surface area contributed by atoms with Gasteiger partial charge in [-0.25, -0.2) is 4.39 Å². The van der Waals surface area contributed by atoms with Crippen LogP contribution in [0.15, 0.2) is 36.7 Å². The van der Waals surface area contributed by atoms with Gasteiger partial charge in [0.25, 0.3) is 0 Å². The van der Waals surface area contributed by atoms with Crippen molar-refractivity contribution in [3.8, 4) is 0 Å². The van der Waals surface area contributed by atoms with Crippen LogP contribution in [-0.4, -0.2) is 16.4 Å². The Kier molecular flexibility index (Phi) is 3.42. The van der Waals surface area contributed by atoms with Crippen LogP contribution in [0, 0.1) is 5.82 Å². The maximum Gasteiger partial charge on any atom is 0.123 e. The topological polar surface area (TPSA) is 16.1 Å². The van der Waals surface area contributed by atoms with E-state index in [1.165, 1.54) is 39.1 Å². The normalized spacial score (nSPS) is 18.0. The zero-order valence-electron chi connectivity index (χ0n) is 13.5. The molecule has 0 N–H and O–H groups in total. The van der Waals surface area contributed by atoms with Gasteiger partial charge in [-0.1, -0.05) is 0 Å². The van der Waals surface area contributed by atoms with Crippen molar-refractivity contribution in [3.05, 3.63) is 64.0 Å². The van der Waals surface area contributed by atoms with E-state index >= 15 is 0 Å². The van der Waals surface area contributed by atoms with E-state index in [-0.39, 0.29) is 5.82 Å². The van der Waals surface area contributed by atoms with Gasteiger partial charge in [0.2, 0.25) is 0 Å². The highest BCUT2D eigenvalue weighted by Gasteiger charge is 2.27. The van der Waals surface area contributed by atoms with Gasteiger partial charge in [-0.15, -0.1) is 11.3 Å². The fourth-order valence-electron chi connectivity index (χ4n) is 3.86. The minimum atomic E-state index is -0.130. The summed E-state index contributed by atoms with van der Waals surface area (Å²) in [6.07, 6.45) is 7.62. The number of rotatable bonds is 3. The molecule has 0 unspecified atom stereocenters. The van der Waals surface area contributed by atoms with E-state index in [4.69, 9.17) is 0 Å². The number of hydrogen-bond donors (Lipinski definition) is 0. The van der Waals surface area contributed by atoms with Gasteiger partial charge in [-0.05, 0) is 71.5 Å². The van der Waals surface area contributed by atoms with Crippen LogP contribution in [0.5, 0.6) is 0 Å². The molecule has 5 rings (SSSR count). The zero-order valence-corrected chi connectivity index (χ0v) is 14.3. The average molecular weight is 338 g/mol. The number of aromatic nitrogens is 1. The third-order valence-corrected chi connectivity index (χ3v) is 6.43. The van der Waals surface area contributed by atoms with Crippen molar-refractivity contribution in [2.45, 2.75) is 38.3 Å². The van der Waals surface area contributed by atoms with E-state index in [9.17, 15) is 4.39 Å². The van der Waals surface area contributed by atoms with E-state index in [2.05, 4.69) is 16.0 Å². The molecule has 1 fully saturated rings. The number of pyridine rings is 1. The van der Waals surface area contributed by atoms with Crippen LogP contribution in [0.2, 0.25) is 0 Å². The molecule has 122 valence electrons. The molecule has 1 aliphatic carbocycles. The number of thiophene rings is 1. The van der Waals surface area contributed by atoms with Crippen LogP contribution in [-0.2, 0) is 19.5 Å². The highest BCUT2D eigenvalue weighted by molar-refractivity contribution is 7.19. The second-order valence-corrected chi connectivity index (χ2v) is 8.09. The van der Waals surface area contributed by atoms with Crippen molar-refractivity contribution in [1.82, 2.24) is 9.88 Å². The predicted molar refractivity (Wildman–Crippen MR) is 95.8 cm³/mol. The molecule has 3 aromatic rings. The first-order chi connectivity index (χ1) is 11.8. The van der Waals surface area contributed by atoms with Crippen LogP contribution < -0.4 is 0 Å². The molecule has 1 aliphatic heterocycles. The van der Waals surface area contributed by atoms with Gasteiger partial charge in [0.1, 0.15) is 5.82 Å². The number of hydrogen-bond acceptors (Lipinski definition) is 3. The predicted octanol–water partition coefficient (Wildman–Crippen LogP) is 4.87. The van der Waals surface area contributed by atoms with Crippen molar-refractivity contribution >= 4 is 21.4 Å². The van der Waals surface area contributed by atoms with Gasteiger partial charge in [0, 0.05) is 41.6 Å². The van der Waals surface area contributed by atoms with Crippen molar-refractivity contribution in [2.24, 2.45) is 0 Å². The molecule has 2 aromatic heterocycles. The van der Waals surface area contributed by atoms with Gasteiger partial charge >= 0.3 is 0 Å². The first kappa shape index (κ1) is 14.6. The number of nitrogens with zero attached hydrogens (tertiary/aromatic N) is 2. The molecule has 0 radical (unpaired) electrons. The molecule has 0 atom stereocenters. The van der Waals surface area contributed by atoms with Crippen LogP contribution in [0.4, 0.5) is 4.39 Å². The maximum absolute atomic E-state index is 13.6. The Hall–Kier alpha value is -1.78. The van der Waals surface area contributed by atoms with Gasteiger partial charge < -0.3 is 0 Å². The summed E-state index contributed by atoms with van der Waals surface area (Å²) in [4.78, 5) is 8.26. The lowest BCUT2D eigenvalue weighted by atomic mass is 10.0. The quantitative estimate of drug-likeness (QED) is 0.677. The first-order valence-electron chi connectivity index (χ1n) is 8.63. The molecule has 1 aromatic carbocycles. The van der Waals surface area contributed by atoms with Crippen LogP contribution >= 0.6 is 11.3 Å². The summed E-state index contributed by atoms with van der Waals surface area (Å²) in [5.41, 5.74) is 4.24. The van der Waals surface area contributed by atoms with Gasteiger partial charge in [-0.3, -0.25) is 9.88 Å². The highest BCUT2D eigenvalue weighted by Crippen LogP contribution is 2.42. The molecule has 24 heavy (non-hydrogen) atoms. The van der Waals surface area contributed by atoms with E-state index in [0.717, 1.165) is 37.4 Å². The Morgan fingerprint density at radius 2 is 2.17 bits per heavy atom. The summed E-state index contributed by atoms with van der Waals surface area (Å²) in [5, 5.41) is 1.12. The third kappa shape index (κ3) is 2.54. The van der Waals surface area contributed by atoms with Crippen molar-refractivity contribution in [2.75, 3.05) is 6.54 Å². The number of benzene rings is 1. The lowest BCUT2D eigenvalue weighted by Gasteiger charge is -2.27. The Labute approximate surface area is 144 Å². The second kappa shape index (κ2) is 5.64. The Morgan fingerprint density at radius 3 is 3.04 bits per heavy atom. The molecule has 2 aliphatic rings. The molecule has 4 heteroatoms. The lowest BCUT2D eigenvalue weighted by molar-refractivity contribution is 0.248. The molecule has 3 heterocycles. The average Bonchev–Trinajstić information content (AvgIpc) is 3.37. The molecular formula is C20H19FN2S. The van der Waals surface area contributed by atoms with E-state index in [0.29, 0.717) is 0 Å². The largest absolute Gasteiger partial charge is 0.294 e. The molecule has 0 bridgehead atoms. The molecule has 0 amide bonds. The molecule has 2 nitrogen and oxygen atoms in total. The summed E-state index contributed by atoms with van der Waals surface area (Å²) >= 11 is 1.82. The Bertz CT molecular complexity index is 913. The van der Waals surface area contributed by atoms with Gasteiger partial charge in [-0.2, -0.15) is 0 Å². The third-order valence-electron chi connectivity index (χ3n) is 5.23. The summed E-state index contributed by atoms with van der Waals surface area (Å²) in [5.74, 6) is 0.630. The maximum atomic E-state index is 13.6. The van der Waals surface area contributed by atoms with Crippen molar-refractivity contribution in [1.29, 1.82) is 0 Å². The van der Waals surface area contributed by atoms with E-state index in [1.807, 2.05) is 29.8 Å². The summed E-state index contributed by atoms with van der Waals surface area (Å²) in [6, 6.07) is 7.39. The smallest absolute Gasteiger partial charge is 0.123 e. The van der Waals surface area contributed by atoms with Crippen LogP contribution in [0.1, 0.15) is 40.3 Å². The minimum absolute atomic E-state index is 0.130. The SMILES string of the molecule is Fc1ccc2sc3c(c2c1)CCN(Cc1cnccc1C1CC1)C3. The summed E-state index contributed by atoms with van der Waals surface area (Å²) < 4.78 is 14.8. The summed E-state index contributed by atoms with van der Waals surface area (Å²) in [7, 11) is 0. The van der Waals surface area contributed by atoms with E-state index < -0.39 is 0 Å². The fraction of sp³-hybridized carbons (Fsp3) is 0.350. The Morgan fingerprint density at radius 1 is 1.25 bits per heavy atom. The second-order valence-electron chi connectivity index (χ2n) is 6.95. The van der Waals surface area contributed by atoms with Gasteiger partial charge in [0.15, 0.2) is 0 Å². The molecule has 0 spiro atoms. The van der Waals surface area contributed by atoms with Crippen molar-refractivity contribution in [3.63, 3.8) is 0 Å². The first-order valence-corrected chi connectivity index (χ1v) is 9.44. The summed E-state index contributed by atoms with van der Waals surface area (Å²) in [6.45, 7) is 2.98. The van der Waals surface area contributed by atoms with Crippen molar-refractivity contribution < 1.29 is 4.39 Å².